The van der Waals surface area contributed by atoms with Crippen LogP contribution in [0, 0.1) is 6.92 Å². The third kappa shape index (κ3) is 3.38. The Hall–Kier alpha value is -2.39. The lowest BCUT2D eigenvalue weighted by Gasteiger charge is -2.07. The van der Waals surface area contributed by atoms with Crippen molar-refractivity contribution in [1.82, 2.24) is 9.97 Å². The first-order valence-electron chi connectivity index (χ1n) is 6.55. The predicted molar refractivity (Wildman–Crippen MR) is 83.7 cm³/mol. The number of aryl methyl sites for hydroxylation is 1. The van der Waals surface area contributed by atoms with Crippen LogP contribution < -0.4 is 4.74 Å². The van der Waals surface area contributed by atoms with Crippen molar-refractivity contribution in [2.45, 2.75) is 6.92 Å². The van der Waals surface area contributed by atoms with Gasteiger partial charge in [-0.15, -0.1) is 0 Å². The van der Waals surface area contributed by atoms with E-state index in [1.165, 1.54) is 0 Å². The Morgan fingerprint density at radius 3 is 2.48 bits per heavy atom. The van der Waals surface area contributed by atoms with Crippen LogP contribution in [-0.4, -0.2) is 9.97 Å². The third-order valence-corrected chi connectivity index (χ3v) is 3.11. The molecule has 3 aromatic rings. The Morgan fingerprint density at radius 2 is 1.71 bits per heavy atom. The van der Waals surface area contributed by atoms with Crippen LogP contribution in [0.25, 0.3) is 11.4 Å². The maximum atomic E-state index is 6.07. The van der Waals surface area contributed by atoms with E-state index in [1.54, 1.807) is 6.07 Å². The SMILES string of the molecule is Cc1cccc(Oc2cc(Cl)nc(-c3ccccc3)n2)c1. The fraction of sp³-hybridized carbons (Fsp3) is 0.0588. The summed E-state index contributed by atoms with van der Waals surface area (Å²) in [5, 5.41) is 0.353. The van der Waals surface area contributed by atoms with Gasteiger partial charge in [0.15, 0.2) is 5.82 Å². The second-order valence-electron chi connectivity index (χ2n) is 4.64. The second kappa shape index (κ2) is 5.94. The molecule has 0 atom stereocenters. The molecule has 1 heterocycles. The molecule has 104 valence electrons. The molecule has 0 amide bonds. The van der Waals surface area contributed by atoms with Crippen LogP contribution in [0.1, 0.15) is 5.56 Å². The zero-order chi connectivity index (χ0) is 14.7. The minimum atomic E-state index is 0.353. The van der Waals surface area contributed by atoms with Gasteiger partial charge in [0.05, 0.1) is 0 Å². The molecule has 0 aliphatic carbocycles. The summed E-state index contributed by atoms with van der Waals surface area (Å²) in [5.74, 6) is 1.70. The lowest BCUT2D eigenvalue weighted by Crippen LogP contribution is -1.94. The molecule has 0 fully saturated rings. The summed E-state index contributed by atoms with van der Waals surface area (Å²) < 4.78 is 5.77. The van der Waals surface area contributed by atoms with Crippen LogP contribution in [0.2, 0.25) is 5.15 Å². The normalized spacial score (nSPS) is 10.4. The van der Waals surface area contributed by atoms with Crippen molar-refractivity contribution < 1.29 is 4.74 Å². The minimum absolute atomic E-state index is 0.353. The Kier molecular flexibility index (Phi) is 3.84. The standard InChI is InChI=1S/C17H13ClN2O/c1-12-6-5-9-14(10-12)21-16-11-15(18)19-17(20-16)13-7-3-2-4-8-13/h2-11H,1H3. The Balaban J connectivity index is 1.95. The van der Waals surface area contributed by atoms with Crippen molar-refractivity contribution in [3.8, 4) is 23.0 Å². The molecule has 0 unspecified atom stereocenters. The summed E-state index contributed by atoms with van der Waals surface area (Å²) in [6.07, 6.45) is 0. The van der Waals surface area contributed by atoms with E-state index in [9.17, 15) is 0 Å². The summed E-state index contributed by atoms with van der Waals surface area (Å²) in [7, 11) is 0. The van der Waals surface area contributed by atoms with Gasteiger partial charge in [0, 0.05) is 11.6 Å². The van der Waals surface area contributed by atoms with Crippen LogP contribution in [0.3, 0.4) is 0 Å². The van der Waals surface area contributed by atoms with Gasteiger partial charge in [-0.05, 0) is 24.6 Å². The fourth-order valence-corrected chi connectivity index (χ4v) is 2.14. The van der Waals surface area contributed by atoms with Gasteiger partial charge >= 0.3 is 0 Å². The van der Waals surface area contributed by atoms with Crippen molar-refractivity contribution >= 4 is 11.6 Å². The Bertz CT molecular complexity index is 760. The predicted octanol–water partition coefficient (Wildman–Crippen LogP) is 4.90. The molecule has 0 N–H and O–H groups in total. The number of aromatic nitrogens is 2. The molecule has 0 saturated carbocycles. The number of nitrogens with zero attached hydrogens (tertiary/aromatic N) is 2. The van der Waals surface area contributed by atoms with Crippen molar-refractivity contribution in [2.24, 2.45) is 0 Å². The molecule has 4 heteroatoms. The molecule has 3 rings (SSSR count). The molecule has 3 nitrogen and oxygen atoms in total. The molecule has 0 radical (unpaired) electrons. The van der Waals surface area contributed by atoms with E-state index in [0.29, 0.717) is 16.9 Å². The van der Waals surface area contributed by atoms with Crippen LogP contribution in [0.15, 0.2) is 60.7 Å². The van der Waals surface area contributed by atoms with E-state index >= 15 is 0 Å². The van der Waals surface area contributed by atoms with E-state index in [2.05, 4.69) is 9.97 Å². The molecule has 0 spiro atoms. The Morgan fingerprint density at radius 1 is 0.905 bits per heavy atom. The molecule has 2 aromatic carbocycles. The lowest BCUT2D eigenvalue weighted by atomic mass is 10.2. The van der Waals surface area contributed by atoms with E-state index in [-0.39, 0.29) is 0 Å². The summed E-state index contributed by atoms with van der Waals surface area (Å²) in [4.78, 5) is 8.65. The van der Waals surface area contributed by atoms with Crippen LogP contribution in [0.4, 0.5) is 0 Å². The third-order valence-electron chi connectivity index (χ3n) is 2.92. The largest absolute Gasteiger partial charge is 0.439 e. The van der Waals surface area contributed by atoms with Gasteiger partial charge < -0.3 is 4.74 Å². The van der Waals surface area contributed by atoms with E-state index in [4.69, 9.17) is 16.3 Å². The topological polar surface area (TPSA) is 35.0 Å². The van der Waals surface area contributed by atoms with Gasteiger partial charge in [-0.1, -0.05) is 54.1 Å². The molecular formula is C17H13ClN2O. The van der Waals surface area contributed by atoms with Gasteiger partial charge in [0.1, 0.15) is 10.9 Å². The first-order chi connectivity index (χ1) is 10.2. The maximum absolute atomic E-state index is 6.07. The zero-order valence-electron chi connectivity index (χ0n) is 11.5. The van der Waals surface area contributed by atoms with Gasteiger partial charge in [-0.25, -0.2) is 4.98 Å². The highest BCUT2D eigenvalue weighted by atomic mass is 35.5. The van der Waals surface area contributed by atoms with Gasteiger partial charge in [-0.3, -0.25) is 0 Å². The van der Waals surface area contributed by atoms with Gasteiger partial charge in [-0.2, -0.15) is 4.98 Å². The quantitative estimate of drug-likeness (QED) is 0.645. The highest BCUT2D eigenvalue weighted by Gasteiger charge is 2.07. The number of hydrogen-bond acceptors (Lipinski definition) is 3. The van der Waals surface area contributed by atoms with Crippen molar-refractivity contribution in [1.29, 1.82) is 0 Å². The molecule has 21 heavy (non-hydrogen) atoms. The van der Waals surface area contributed by atoms with Gasteiger partial charge in [0.2, 0.25) is 5.88 Å². The highest BCUT2D eigenvalue weighted by molar-refractivity contribution is 6.29. The maximum Gasteiger partial charge on any atom is 0.224 e. The summed E-state index contributed by atoms with van der Waals surface area (Å²) in [6.45, 7) is 2.01. The molecular weight excluding hydrogens is 284 g/mol. The monoisotopic (exact) mass is 296 g/mol. The van der Waals surface area contributed by atoms with E-state index in [1.807, 2.05) is 61.5 Å². The van der Waals surface area contributed by atoms with E-state index < -0.39 is 0 Å². The molecule has 0 aliphatic rings. The van der Waals surface area contributed by atoms with Crippen molar-refractivity contribution in [2.75, 3.05) is 0 Å². The first kappa shape index (κ1) is 13.6. The summed E-state index contributed by atoms with van der Waals surface area (Å²) in [6, 6.07) is 19.0. The number of halogens is 1. The highest BCUT2D eigenvalue weighted by Crippen LogP contribution is 2.25. The number of hydrogen-bond donors (Lipinski definition) is 0. The summed E-state index contributed by atoms with van der Waals surface area (Å²) in [5.41, 5.74) is 2.02. The average Bonchev–Trinajstić information content (AvgIpc) is 2.47. The average molecular weight is 297 g/mol. The molecule has 0 saturated heterocycles. The Labute approximate surface area is 128 Å². The van der Waals surface area contributed by atoms with Crippen molar-refractivity contribution in [3.05, 3.63) is 71.4 Å². The number of rotatable bonds is 3. The van der Waals surface area contributed by atoms with Crippen LogP contribution in [0.5, 0.6) is 11.6 Å². The zero-order valence-corrected chi connectivity index (χ0v) is 12.2. The molecule has 1 aromatic heterocycles. The van der Waals surface area contributed by atoms with Crippen LogP contribution >= 0.6 is 11.6 Å². The van der Waals surface area contributed by atoms with Crippen molar-refractivity contribution in [3.63, 3.8) is 0 Å². The van der Waals surface area contributed by atoms with E-state index in [0.717, 1.165) is 16.9 Å². The van der Waals surface area contributed by atoms with Crippen LogP contribution in [-0.2, 0) is 0 Å². The summed E-state index contributed by atoms with van der Waals surface area (Å²) >= 11 is 6.07. The lowest BCUT2D eigenvalue weighted by molar-refractivity contribution is 0.462. The minimum Gasteiger partial charge on any atom is -0.439 e. The number of ether oxygens (including phenoxy) is 1. The first-order valence-corrected chi connectivity index (χ1v) is 6.93. The second-order valence-corrected chi connectivity index (χ2v) is 5.02. The van der Waals surface area contributed by atoms with Gasteiger partial charge in [0.25, 0.3) is 0 Å². The smallest absolute Gasteiger partial charge is 0.224 e. The number of benzene rings is 2. The fourth-order valence-electron chi connectivity index (χ4n) is 1.97. The molecule has 0 aliphatic heterocycles. The molecule has 0 bridgehead atoms.